The lowest BCUT2D eigenvalue weighted by Crippen LogP contribution is -2.24. The number of hydrogen-bond donors (Lipinski definition) is 4. The number of benzene rings is 1. The summed E-state index contributed by atoms with van der Waals surface area (Å²) in [6.07, 6.45) is 4.46. The smallest absolute Gasteiger partial charge is 0.354 e. The second-order valence-corrected chi connectivity index (χ2v) is 6.57. The second kappa shape index (κ2) is 8.53. The van der Waals surface area contributed by atoms with Crippen molar-refractivity contribution in [3.05, 3.63) is 70.9 Å². The van der Waals surface area contributed by atoms with Crippen LogP contribution in [0.4, 0.5) is 0 Å². The molecule has 0 saturated carbocycles. The summed E-state index contributed by atoms with van der Waals surface area (Å²) in [6.45, 7) is 7.16. The molecule has 1 atom stereocenters. The minimum atomic E-state index is -0.319. The Morgan fingerprint density at radius 1 is 1.39 bits per heavy atom. The first-order valence-electron chi connectivity index (χ1n) is 9.08. The normalized spacial score (nSPS) is 12.0. The van der Waals surface area contributed by atoms with E-state index in [4.69, 9.17) is 11.5 Å². The largest absolute Gasteiger partial charge is 0.370 e. The van der Waals surface area contributed by atoms with Crippen LogP contribution in [0, 0.1) is 6.92 Å². The third-order valence-corrected chi connectivity index (χ3v) is 4.40. The van der Waals surface area contributed by atoms with Gasteiger partial charge in [0, 0.05) is 23.8 Å². The zero-order valence-electron chi connectivity index (χ0n) is 15.9. The van der Waals surface area contributed by atoms with E-state index < -0.39 is 0 Å². The van der Waals surface area contributed by atoms with Gasteiger partial charge in [0.2, 0.25) is 0 Å². The number of fused-ring (bicyclic) bond motifs is 1. The lowest BCUT2D eigenvalue weighted by Gasteiger charge is -2.15. The van der Waals surface area contributed by atoms with Crippen LogP contribution in [-0.2, 0) is 0 Å². The molecule has 0 aliphatic carbocycles. The van der Waals surface area contributed by atoms with Gasteiger partial charge < -0.3 is 21.8 Å². The van der Waals surface area contributed by atoms with Crippen LogP contribution in [0.25, 0.3) is 16.7 Å². The maximum atomic E-state index is 12.3. The molecule has 0 fully saturated rings. The third-order valence-electron chi connectivity index (χ3n) is 4.40. The number of hydrogen-bond acceptors (Lipinski definition) is 4. The maximum Gasteiger partial charge on any atom is 0.354 e. The quantitative estimate of drug-likeness (QED) is 0.204. The molecule has 6 N–H and O–H groups in total. The van der Waals surface area contributed by atoms with Crippen LogP contribution in [-0.4, -0.2) is 33.6 Å². The predicted octanol–water partition coefficient (Wildman–Crippen LogP) is 1.50. The summed E-state index contributed by atoms with van der Waals surface area (Å²) in [5.74, 6) is 0.105. The zero-order chi connectivity index (χ0) is 20.1. The Morgan fingerprint density at radius 3 is 2.82 bits per heavy atom. The number of nitrogens with one attached hydrogen (secondary N) is 2. The molecule has 1 aromatic carbocycles. The van der Waals surface area contributed by atoms with Crippen molar-refractivity contribution in [3.63, 3.8) is 0 Å². The van der Waals surface area contributed by atoms with Crippen LogP contribution in [0.3, 0.4) is 0 Å². The van der Waals surface area contributed by atoms with Gasteiger partial charge in [0.05, 0.1) is 11.7 Å². The predicted molar refractivity (Wildman–Crippen MR) is 113 cm³/mol. The van der Waals surface area contributed by atoms with Gasteiger partial charge in [-0.15, -0.1) is 6.58 Å². The Bertz CT molecular complexity index is 1040. The molecule has 2 aromatic heterocycles. The van der Waals surface area contributed by atoms with Gasteiger partial charge in [0.1, 0.15) is 5.65 Å². The molecule has 0 aliphatic heterocycles. The first-order chi connectivity index (χ1) is 13.5. The molecule has 3 rings (SSSR count). The minimum Gasteiger partial charge on any atom is -0.370 e. The number of aromatic amines is 1. The van der Waals surface area contributed by atoms with Crippen molar-refractivity contribution in [3.8, 4) is 5.69 Å². The number of aromatic nitrogens is 3. The zero-order valence-corrected chi connectivity index (χ0v) is 15.9. The van der Waals surface area contributed by atoms with E-state index in [2.05, 4.69) is 26.9 Å². The van der Waals surface area contributed by atoms with Crippen LogP contribution in [0.1, 0.15) is 23.7 Å². The van der Waals surface area contributed by atoms with Gasteiger partial charge >= 0.3 is 5.69 Å². The van der Waals surface area contributed by atoms with Crippen LogP contribution in [0.15, 0.2) is 59.0 Å². The van der Waals surface area contributed by atoms with Crippen LogP contribution >= 0.6 is 0 Å². The fraction of sp³-hybridized carbons (Fsp3) is 0.250. The maximum absolute atomic E-state index is 12.3. The number of aryl methyl sites for hydroxylation is 1. The van der Waals surface area contributed by atoms with Crippen molar-refractivity contribution in [2.24, 2.45) is 16.5 Å². The van der Waals surface area contributed by atoms with E-state index in [9.17, 15) is 4.79 Å². The van der Waals surface area contributed by atoms with Gasteiger partial charge in [0.15, 0.2) is 5.96 Å². The summed E-state index contributed by atoms with van der Waals surface area (Å²) in [7, 11) is 0. The molecule has 28 heavy (non-hydrogen) atoms. The molecule has 146 valence electrons. The second-order valence-electron chi connectivity index (χ2n) is 6.57. The van der Waals surface area contributed by atoms with E-state index in [1.54, 1.807) is 10.8 Å². The summed E-state index contributed by atoms with van der Waals surface area (Å²) in [6, 6.07) is 9.72. The molecule has 0 unspecified atom stereocenters. The Hall–Kier alpha value is -3.39. The average molecular weight is 379 g/mol. The molecular formula is C20H25N7O. The van der Waals surface area contributed by atoms with E-state index in [-0.39, 0.29) is 17.7 Å². The number of aliphatic imine (C=N–C) groups is 1. The number of guanidine groups is 1. The lowest BCUT2D eigenvalue weighted by atomic mass is 10.1. The van der Waals surface area contributed by atoms with Gasteiger partial charge in [-0.25, -0.2) is 4.79 Å². The number of rotatable bonds is 8. The highest BCUT2D eigenvalue weighted by Crippen LogP contribution is 2.18. The van der Waals surface area contributed by atoms with Gasteiger partial charge in [-0.1, -0.05) is 18.2 Å². The van der Waals surface area contributed by atoms with Crippen molar-refractivity contribution in [2.45, 2.75) is 19.4 Å². The molecule has 0 amide bonds. The Balaban J connectivity index is 1.73. The van der Waals surface area contributed by atoms with Gasteiger partial charge in [-0.2, -0.15) is 4.98 Å². The highest BCUT2D eigenvalue weighted by molar-refractivity contribution is 5.76. The first kappa shape index (κ1) is 19.4. The molecule has 0 spiro atoms. The molecule has 3 aromatic rings. The van der Waals surface area contributed by atoms with E-state index >= 15 is 0 Å². The molecule has 2 heterocycles. The van der Waals surface area contributed by atoms with E-state index in [0.717, 1.165) is 35.3 Å². The third kappa shape index (κ3) is 4.47. The highest BCUT2D eigenvalue weighted by Gasteiger charge is 2.09. The van der Waals surface area contributed by atoms with Crippen molar-refractivity contribution in [2.75, 3.05) is 13.1 Å². The topological polar surface area (TPSA) is 127 Å². The van der Waals surface area contributed by atoms with Gasteiger partial charge in [-0.3, -0.25) is 9.56 Å². The Kier molecular flexibility index (Phi) is 5.90. The van der Waals surface area contributed by atoms with Gasteiger partial charge in [-0.05, 0) is 43.7 Å². The van der Waals surface area contributed by atoms with Crippen LogP contribution in [0.5, 0.6) is 0 Å². The minimum absolute atomic E-state index is 0.00194. The van der Waals surface area contributed by atoms with Gasteiger partial charge in [0.25, 0.3) is 0 Å². The Morgan fingerprint density at radius 2 is 2.14 bits per heavy atom. The molecule has 0 bridgehead atoms. The SMILES string of the molecule is C=C[C@H](NCCCN=C(N)N)c1ccc(-n2cc3cc(C)[nH]c3nc2=O)cc1. The molecule has 8 nitrogen and oxygen atoms in total. The van der Waals surface area contributed by atoms with E-state index in [1.807, 2.05) is 43.3 Å². The summed E-state index contributed by atoms with van der Waals surface area (Å²) in [5.41, 5.74) is 13.7. The first-order valence-corrected chi connectivity index (χ1v) is 9.08. The molecular weight excluding hydrogens is 354 g/mol. The molecule has 8 heteroatoms. The number of nitrogens with two attached hydrogens (primary N) is 2. The average Bonchev–Trinajstić information content (AvgIpc) is 3.03. The fourth-order valence-electron chi connectivity index (χ4n) is 3.04. The lowest BCUT2D eigenvalue weighted by molar-refractivity contribution is 0.601. The van der Waals surface area contributed by atoms with Crippen molar-refractivity contribution in [1.82, 2.24) is 19.9 Å². The molecule has 0 saturated heterocycles. The molecule has 0 aliphatic rings. The monoisotopic (exact) mass is 379 g/mol. The summed E-state index contributed by atoms with van der Waals surface area (Å²) in [5, 5.41) is 4.30. The van der Waals surface area contributed by atoms with Crippen LogP contribution < -0.4 is 22.5 Å². The fourth-order valence-corrected chi connectivity index (χ4v) is 3.04. The number of nitrogens with zero attached hydrogens (tertiary/aromatic N) is 3. The highest BCUT2D eigenvalue weighted by atomic mass is 16.1. The standard InChI is InChI=1S/C20H25N7O/c1-3-17(23-9-4-10-24-19(21)22)14-5-7-16(8-6-14)27-12-15-11-13(2)25-18(15)26-20(27)28/h3,5-8,11-12,17,23H,1,4,9-10H2,2H3,(H4,21,22,24)(H,25,26,28)/t17-/m0/s1. The van der Waals surface area contributed by atoms with Crippen LogP contribution in [0.2, 0.25) is 0 Å². The van der Waals surface area contributed by atoms with Crippen molar-refractivity contribution in [1.29, 1.82) is 0 Å². The number of H-pyrrole nitrogens is 1. The van der Waals surface area contributed by atoms with Crippen molar-refractivity contribution >= 4 is 17.0 Å². The summed E-state index contributed by atoms with van der Waals surface area (Å²) in [4.78, 5) is 23.5. The Labute approximate surface area is 163 Å². The van der Waals surface area contributed by atoms with E-state index in [0.29, 0.717) is 12.2 Å². The van der Waals surface area contributed by atoms with E-state index in [1.165, 1.54) is 0 Å². The summed E-state index contributed by atoms with van der Waals surface area (Å²) < 4.78 is 1.55. The summed E-state index contributed by atoms with van der Waals surface area (Å²) >= 11 is 0. The van der Waals surface area contributed by atoms with Crippen molar-refractivity contribution < 1.29 is 0 Å². The molecule has 0 radical (unpaired) electrons.